The lowest BCUT2D eigenvalue weighted by Gasteiger charge is -2.20. The first-order chi connectivity index (χ1) is 12.5. The summed E-state index contributed by atoms with van der Waals surface area (Å²) in [5, 5.41) is 4.02. The molecule has 0 unspecified atom stereocenters. The van der Waals surface area contributed by atoms with Gasteiger partial charge in [0.2, 0.25) is 0 Å². The molecule has 0 aliphatic heterocycles. The number of hydrogen-bond acceptors (Lipinski definition) is 4. The molecule has 0 spiro atoms. The Morgan fingerprint density at radius 3 is 2.31 bits per heavy atom. The molecule has 5 nitrogen and oxygen atoms in total. The van der Waals surface area contributed by atoms with Crippen LogP contribution in [0.25, 0.3) is 0 Å². The van der Waals surface area contributed by atoms with Crippen molar-refractivity contribution in [1.82, 2.24) is 5.43 Å². The molecule has 2 aromatic rings. The van der Waals surface area contributed by atoms with Crippen LogP contribution in [0.1, 0.15) is 31.9 Å². The highest BCUT2D eigenvalue weighted by Gasteiger charge is 2.13. The van der Waals surface area contributed by atoms with Crippen molar-refractivity contribution in [1.29, 1.82) is 0 Å². The zero-order chi connectivity index (χ0) is 18.9. The summed E-state index contributed by atoms with van der Waals surface area (Å²) in [6.45, 7) is 9.91. The molecular weight excluding hydrogens is 326 g/mol. The molecular formula is C21H27N3O2. The maximum absolute atomic E-state index is 12.1. The number of hydrazone groups is 1. The van der Waals surface area contributed by atoms with E-state index in [-0.39, 0.29) is 5.91 Å². The first-order valence-corrected chi connectivity index (χ1v) is 8.94. The van der Waals surface area contributed by atoms with Crippen LogP contribution in [0.2, 0.25) is 0 Å². The SMILES string of the molecule is CCN(CC)c1ccc(/C=N\NC(=O)[C@@H](C)Oc2ccc(C)cc2)cc1. The first kappa shape index (κ1) is 19.5. The van der Waals surface area contributed by atoms with E-state index in [0.29, 0.717) is 5.75 Å². The highest BCUT2D eigenvalue weighted by molar-refractivity contribution is 5.84. The van der Waals surface area contributed by atoms with E-state index >= 15 is 0 Å². The van der Waals surface area contributed by atoms with Gasteiger partial charge in [0.25, 0.3) is 5.91 Å². The van der Waals surface area contributed by atoms with Gasteiger partial charge >= 0.3 is 0 Å². The van der Waals surface area contributed by atoms with Crippen LogP contribution in [0.4, 0.5) is 5.69 Å². The normalized spacial score (nSPS) is 12.0. The monoisotopic (exact) mass is 353 g/mol. The van der Waals surface area contributed by atoms with Crippen molar-refractivity contribution in [3.8, 4) is 5.75 Å². The molecule has 5 heteroatoms. The van der Waals surface area contributed by atoms with Crippen LogP contribution in [-0.2, 0) is 4.79 Å². The molecule has 0 heterocycles. The third kappa shape index (κ3) is 5.62. The smallest absolute Gasteiger partial charge is 0.280 e. The van der Waals surface area contributed by atoms with E-state index in [0.717, 1.165) is 24.2 Å². The fourth-order valence-electron chi connectivity index (χ4n) is 2.50. The molecule has 2 aromatic carbocycles. The minimum absolute atomic E-state index is 0.290. The second-order valence-electron chi connectivity index (χ2n) is 6.07. The van der Waals surface area contributed by atoms with Gasteiger partial charge in [-0.2, -0.15) is 5.10 Å². The van der Waals surface area contributed by atoms with Crippen LogP contribution in [0.5, 0.6) is 5.75 Å². The van der Waals surface area contributed by atoms with Gasteiger partial charge in [0, 0.05) is 18.8 Å². The average molecular weight is 353 g/mol. The summed E-state index contributed by atoms with van der Waals surface area (Å²) in [6.07, 6.45) is 1.00. The Morgan fingerprint density at radius 2 is 1.73 bits per heavy atom. The highest BCUT2D eigenvalue weighted by Crippen LogP contribution is 2.14. The Labute approximate surface area is 155 Å². The van der Waals surface area contributed by atoms with Crippen molar-refractivity contribution in [2.24, 2.45) is 5.10 Å². The van der Waals surface area contributed by atoms with E-state index in [2.05, 4.69) is 41.4 Å². The summed E-state index contributed by atoms with van der Waals surface area (Å²) in [4.78, 5) is 14.3. The molecule has 0 aromatic heterocycles. The van der Waals surface area contributed by atoms with Crippen molar-refractivity contribution < 1.29 is 9.53 Å². The van der Waals surface area contributed by atoms with Gasteiger partial charge in [0.1, 0.15) is 5.75 Å². The van der Waals surface area contributed by atoms with E-state index < -0.39 is 6.10 Å². The van der Waals surface area contributed by atoms with Gasteiger partial charge < -0.3 is 9.64 Å². The predicted molar refractivity (Wildman–Crippen MR) is 107 cm³/mol. The topological polar surface area (TPSA) is 53.9 Å². The molecule has 0 bridgehead atoms. The number of hydrogen-bond donors (Lipinski definition) is 1. The van der Waals surface area contributed by atoms with E-state index in [1.54, 1.807) is 13.1 Å². The van der Waals surface area contributed by atoms with E-state index in [9.17, 15) is 4.79 Å². The van der Waals surface area contributed by atoms with E-state index in [1.807, 2.05) is 43.3 Å². The minimum Gasteiger partial charge on any atom is -0.481 e. The van der Waals surface area contributed by atoms with Crippen molar-refractivity contribution in [3.63, 3.8) is 0 Å². The molecule has 1 N–H and O–H groups in total. The maximum atomic E-state index is 12.1. The van der Waals surface area contributed by atoms with Crippen LogP contribution < -0.4 is 15.1 Å². The van der Waals surface area contributed by atoms with Crippen LogP contribution >= 0.6 is 0 Å². The number of nitrogens with zero attached hydrogens (tertiary/aromatic N) is 2. The molecule has 0 saturated heterocycles. The van der Waals surface area contributed by atoms with Gasteiger partial charge in [-0.05, 0) is 57.5 Å². The summed E-state index contributed by atoms with van der Waals surface area (Å²) in [7, 11) is 0. The van der Waals surface area contributed by atoms with E-state index in [4.69, 9.17) is 4.74 Å². The second kappa shape index (κ2) is 9.61. The maximum Gasteiger partial charge on any atom is 0.280 e. The number of benzene rings is 2. The van der Waals surface area contributed by atoms with E-state index in [1.165, 1.54) is 5.69 Å². The van der Waals surface area contributed by atoms with Crippen LogP contribution in [0.15, 0.2) is 53.6 Å². The second-order valence-corrected chi connectivity index (χ2v) is 6.07. The van der Waals surface area contributed by atoms with Gasteiger partial charge in [-0.1, -0.05) is 29.8 Å². The molecule has 0 fully saturated rings. The summed E-state index contributed by atoms with van der Waals surface area (Å²) >= 11 is 0. The third-order valence-electron chi connectivity index (χ3n) is 4.11. The number of aryl methyl sites for hydroxylation is 1. The summed E-state index contributed by atoms with van der Waals surface area (Å²) in [5.41, 5.74) is 5.76. The Bertz CT molecular complexity index is 720. The molecule has 0 radical (unpaired) electrons. The Balaban J connectivity index is 1.86. The van der Waals surface area contributed by atoms with Crippen molar-refractivity contribution in [3.05, 3.63) is 59.7 Å². The number of rotatable bonds is 8. The average Bonchev–Trinajstić information content (AvgIpc) is 2.65. The van der Waals surface area contributed by atoms with Gasteiger partial charge in [0.05, 0.1) is 6.21 Å². The summed E-state index contributed by atoms with van der Waals surface area (Å²) in [5.74, 6) is 0.371. The van der Waals surface area contributed by atoms with Crippen molar-refractivity contribution in [2.75, 3.05) is 18.0 Å². The van der Waals surface area contributed by atoms with Gasteiger partial charge in [-0.25, -0.2) is 5.43 Å². The molecule has 0 aliphatic carbocycles. The lowest BCUT2D eigenvalue weighted by Crippen LogP contribution is -2.33. The van der Waals surface area contributed by atoms with Gasteiger partial charge in [-0.3, -0.25) is 4.79 Å². The highest BCUT2D eigenvalue weighted by atomic mass is 16.5. The fraction of sp³-hybridized carbons (Fsp3) is 0.333. The number of carbonyl (C=O) groups excluding carboxylic acids is 1. The number of nitrogens with one attached hydrogen (secondary N) is 1. The summed E-state index contributed by atoms with van der Waals surface area (Å²) < 4.78 is 5.61. The zero-order valence-electron chi connectivity index (χ0n) is 15.9. The molecule has 0 saturated carbocycles. The number of anilines is 1. The fourth-order valence-corrected chi connectivity index (χ4v) is 2.50. The standard InChI is InChI=1S/C21H27N3O2/c1-5-24(6-2)19-11-9-18(10-12-19)15-22-23-21(25)17(4)26-20-13-7-16(3)8-14-20/h7-15,17H,5-6H2,1-4H3,(H,23,25)/b22-15-/t17-/m1/s1. The van der Waals surface area contributed by atoms with Crippen molar-refractivity contribution in [2.45, 2.75) is 33.8 Å². The number of amides is 1. The molecule has 138 valence electrons. The zero-order valence-corrected chi connectivity index (χ0v) is 15.9. The van der Waals surface area contributed by atoms with Gasteiger partial charge in [0.15, 0.2) is 6.10 Å². The van der Waals surface area contributed by atoms with Gasteiger partial charge in [-0.15, -0.1) is 0 Å². The minimum atomic E-state index is -0.625. The Morgan fingerprint density at radius 1 is 1.12 bits per heavy atom. The van der Waals surface area contributed by atoms with Crippen LogP contribution in [0.3, 0.4) is 0 Å². The number of ether oxygens (including phenoxy) is 1. The first-order valence-electron chi connectivity index (χ1n) is 8.94. The molecule has 1 amide bonds. The molecule has 0 aliphatic rings. The predicted octanol–water partition coefficient (Wildman–Crippen LogP) is 3.76. The van der Waals surface area contributed by atoms with Crippen LogP contribution in [0, 0.1) is 6.92 Å². The quantitative estimate of drug-likeness (QED) is 0.581. The Hall–Kier alpha value is -2.82. The molecule has 1 atom stereocenters. The lowest BCUT2D eigenvalue weighted by molar-refractivity contribution is -0.127. The van der Waals surface area contributed by atoms with Crippen LogP contribution in [-0.4, -0.2) is 31.3 Å². The lowest BCUT2D eigenvalue weighted by atomic mass is 10.2. The Kier molecular flexibility index (Phi) is 7.21. The molecule has 26 heavy (non-hydrogen) atoms. The number of carbonyl (C=O) groups is 1. The largest absolute Gasteiger partial charge is 0.481 e. The van der Waals surface area contributed by atoms with Crippen molar-refractivity contribution >= 4 is 17.8 Å². The summed E-state index contributed by atoms with van der Waals surface area (Å²) in [6, 6.07) is 15.7. The third-order valence-corrected chi connectivity index (χ3v) is 4.11. The molecule has 2 rings (SSSR count).